The van der Waals surface area contributed by atoms with E-state index in [1.807, 2.05) is 38.1 Å². The maximum absolute atomic E-state index is 9.91. The van der Waals surface area contributed by atoms with Gasteiger partial charge in [-0.15, -0.1) is 0 Å². The Morgan fingerprint density at radius 3 is 2.41 bits per heavy atom. The van der Waals surface area contributed by atoms with E-state index in [4.69, 9.17) is 21.7 Å². The highest BCUT2D eigenvalue weighted by atomic mass is 32.1. The van der Waals surface area contributed by atoms with E-state index >= 15 is 0 Å². The summed E-state index contributed by atoms with van der Waals surface area (Å²) in [6.45, 7) is 3.69. The van der Waals surface area contributed by atoms with Gasteiger partial charge < -0.3 is 14.6 Å². The summed E-state index contributed by atoms with van der Waals surface area (Å²) in [5, 5.41) is 21.4. The van der Waals surface area contributed by atoms with E-state index in [-0.39, 0.29) is 5.75 Å². The maximum Gasteiger partial charge on any atom is 0.216 e. The van der Waals surface area contributed by atoms with Crippen LogP contribution in [0.1, 0.15) is 16.7 Å². The van der Waals surface area contributed by atoms with Crippen molar-refractivity contribution in [3.05, 3.63) is 51.8 Å². The van der Waals surface area contributed by atoms with Crippen LogP contribution in [0.25, 0.3) is 11.4 Å². The summed E-state index contributed by atoms with van der Waals surface area (Å²) in [7, 11) is 3.16. The molecule has 0 unspecified atom stereocenters. The van der Waals surface area contributed by atoms with Gasteiger partial charge in [-0.2, -0.15) is 14.9 Å². The molecule has 1 heterocycles. The zero-order valence-corrected chi connectivity index (χ0v) is 16.3. The fraction of sp³-hybridized carbons (Fsp3) is 0.211. The number of phenolic OH excluding ortho intramolecular Hbond substituents is 1. The number of hydrogen-bond acceptors (Lipinski definition) is 6. The summed E-state index contributed by atoms with van der Waals surface area (Å²) >= 11 is 5.31. The molecule has 0 atom stereocenters. The van der Waals surface area contributed by atoms with E-state index in [1.54, 1.807) is 26.5 Å². The molecule has 2 aromatic carbocycles. The van der Waals surface area contributed by atoms with Gasteiger partial charge in [0.25, 0.3) is 0 Å². The molecule has 0 fully saturated rings. The van der Waals surface area contributed by atoms with Crippen molar-refractivity contribution < 1.29 is 14.6 Å². The predicted octanol–water partition coefficient (Wildman–Crippen LogP) is 3.83. The fourth-order valence-corrected chi connectivity index (χ4v) is 2.93. The normalized spacial score (nSPS) is 11.1. The van der Waals surface area contributed by atoms with E-state index in [1.165, 1.54) is 4.68 Å². The lowest BCUT2D eigenvalue weighted by molar-refractivity contribution is 0.355. The minimum Gasteiger partial charge on any atom is -0.507 e. The van der Waals surface area contributed by atoms with E-state index in [2.05, 4.69) is 15.3 Å². The first-order chi connectivity index (χ1) is 12.9. The molecule has 3 rings (SSSR count). The fourth-order valence-electron chi connectivity index (χ4n) is 2.75. The van der Waals surface area contributed by atoms with Gasteiger partial charge in [0, 0.05) is 5.56 Å². The number of aromatic nitrogens is 3. The Kier molecular flexibility index (Phi) is 5.27. The second-order valence-corrected chi connectivity index (χ2v) is 6.37. The van der Waals surface area contributed by atoms with Gasteiger partial charge >= 0.3 is 0 Å². The molecule has 0 aliphatic heterocycles. The van der Waals surface area contributed by atoms with Gasteiger partial charge in [-0.05, 0) is 73.1 Å². The Morgan fingerprint density at radius 1 is 1.11 bits per heavy atom. The molecular weight excluding hydrogens is 364 g/mol. The van der Waals surface area contributed by atoms with Crippen molar-refractivity contribution in [2.75, 3.05) is 14.2 Å². The number of hydrogen-bond donors (Lipinski definition) is 2. The van der Waals surface area contributed by atoms with Gasteiger partial charge in [-0.25, -0.2) is 5.10 Å². The molecule has 0 saturated carbocycles. The molecule has 0 radical (unpaired) electrons. The number of aromatic hydroxyl groups is 1. The Bertz CT molecular complexity index is 1050. The SMILES string of the molecule is COc1ccc(-c2n[nH]c(=S)n2/N=C/c2cc(C)c(O)c(C)c2)cc1OC. The van der Waals surface area contributed by atoms with Crippen LogP contribution in [-0.2, 0) is 0 Å². The molecule has 0 saturated heterocycles. The van der Waals surface area contributed by atoms with Crippen molar-refractivity contribution in [1.82, 2.24) is 14.9 Å². The van der Waals surface area contributed by atoms with Crippen molar-refractivity contribution in [1.29, 1.82) is 0 Å². The summed E-state index contributed by atoms with van der Waals surface area (Å²) < 4.78 is 12.5. The maximum atomic E-state index is 9.91. The average Bonchev–Trinajstić information content (AvgIpc) is 3.04. The number of nitrogens with zero attached hydrogens (tertiary/aromatic N) is 3. The van der Waals surface area contributed by atoms with Gasteiger partial charge in [-0.1, -0.05) is 0 Å². The molecule has 0 bridgehead atoms. The van der Waals surface area contributed by atoms with Gasteiger partial charge in [0.1, 0.15) is 5.75 Å². The Hall–Kier alpha value is -3.13. The summed E-state index contributed by atoms with van der Waals surface area (Å²) in [6, 6.07) is 9.17. The van der Waals surface area contributed by atoms with E-state index in [9.17, 15) is 5.11 Å². The minimum absolute atomic E-state index is 0.290. The van der Waals surface area contributed by atoms with Crippen LogP contribution in [0.15, 0.2) is 35.4 Å². The molecule has 1 aromatic heterocycles. The third-order valence-electron chi connectivity index (χ3n) is 4.13. The number of H-pyrrole nitrogens is 1. The Balaban J connectivity index is 2.02. The van der Waals surface area contributed by atoms with Crippen LogP contribution < -0.4 is 9.47 Å². The van der Waals surface area contributed by atoms with Crippen LogP contribution in [0.5, 0.6) is 17.2 Å². The van der Waals surface area contributed by atoms with E-state index in [0.29, 0.717) is 22.1 Å². The number of rotatable bonds is 5. The standard InChI is InChI=1S/C19H20N4O3S/c1-11-7-13(8-12(2)17(11)24)10-20-23-18(21-22-19(23)27)14-5-6-15(25-3)16(9-14)26-4/h5-10,24H,1-4H3,(H,22,27)/b20-10+. The number of methoxy groups -OCH3 is 2. The second-order valence-electron chi connectivity index (χ2n) is 5.98. The van der Waals surface area contributed by atoms with Crippen molar-refractivity contribution in [3.8, 4) is 28.6 Å². The first-order valence-corrected chi connectivity index (χ1v) is 8.59. The highest BCUT2D eigenvalue weighted by Crippen LogP contribution is 2.31. The second kappa shape index (κ2) is 7.63. The monoisotopic (exact) mass is 384 g/mol. The van der Waals surface area contributed by atoms with Crippen molar-refractivity contribution in [3.63, 3.8) is 0 Å². The number of phenols is 1. The van der Waals surface area contributed by atoms with Crippen molar-refractivity contribution >= 4 is 18.4 Å². The first-order valence-electron chi connectivity index (χ1n) is 8.19. The third kappa shape index (κ3) is 3.70. The lowest BCUT2D eigenvalue weighted by Crippen LogP contribution is -1.97. The topological polar surface area (TPSA) is 84.7 Å². The largest absolute Gasteiger partial charge is 0.507 e. The smallest absolute Gasteiger partial charge is 0.216 e. The third-order valence-corrected chi connectivity index (χ3v) is 4.39. The van der Waals surface area contributed by atoms with Crippen LogP contribution in [0, 0.1) is 18.6 Å². The van der Waals surface area contributed by atoms with Crippen LogP contribution in [0.4, 0.5) is 0 Å². The molecular formula is C19H20N4O3S. The molecule has 3 aromatic rings. The van der Waals surface area contributed by atoms with Crippen LogP contribution >= 0.6 is 12.2 Å². The first kappa shape index (κ1) is 18.7. The molecule has 140 valence electrons. The lowest BCUT2D eigenvalue weighted by atomic mass is 10.1. The molecule has 27 heavy (non-hydrogen) atoms. The Labute approximate surface area is 161 Å². The van der Waals surface area contributed by atoms with Crippen LogP contribution in [0.2, 0.25) is 0 Å². The average molecular weight is 384 g/mol. The molecule has 0 aliphatic carbocycles. The van der Waals surface area contributed by atoms with E-state index < -0.39 is 0 Å². The number of aryl methyl sites for hydroxylation is 2. The van der Waals surface area contributed by atoms with E-state index in [0.717, 1.165) is 22.3 Å². The molecule has 0 amide bonds. The summed E-state index contributed by atoms with van der Waals surface area (Å²) in [4.78, 5) is 0. The molecule has 7 nitrogen and oxygen atoms in total. The number of ether oxygens (including phenoxy) is 2. The van der Waals surface area contributed by atoms with Crippen molar-refractivity contribution in [2.45, 2.75) is 13.8 Å². The number of benzene rings is 2. The summed E-state index contributed by atoms with van der Waals surface area (Å²) in [5.74, 6) is 2.05. The molecule has 0 spiro atoms. The predicted molar refractivity (Wildman–Crippen MR) is 107 cm³/mol. The summed E-state index contributed by atoms with van der Waals surface area (Å²) in [6.07, 6.45) is 1.68. The minimum atomic E-state index is 0.290. The molecule has 8 heteroatoms. The van der Waals surface area contributed by atoms with Crippen LogP contribution in [0.3, 0.4) is 0 Å². The molecule has 2 N–H and O–H groups in total. The van der Waals surface area contributed by atoms with Gasteiger partial charge in [0.05, 0.1) is 20.4 Å². The van der Waals surface area contributed by atoms with Gasteiger partial charge in [0.2, 0.25) is 4.77 Å². The number of aromatic amines is 1. The highest BCUT2D eigenvalue weighted by Gasteiger charge is 2.12. The zero-order valence-electron chi connectivity index (χ0n) is 15.5. The summed E-state index contributed by atoms with van der Waals surface area (Å²) in [5.41, 5.74) is 3.19. The zero-order chi connectivity index (χ0) is 19.6. The van der Waals surface area contributed by atoms with Gasteiger partial charge in [-0.3, -0.25) is 0 Å². The number of nitrogens with one attached hydrogen (secondary N) is 1. The van der Waals surface area contributed by atoms with Gasteiger partial charge in [0.15, 0.2) is 17.3 Å². The quantitative estimate of drug-likeness (QED) is 0.516. The lowest BCUT2D eigenvalue weighted by Gasteiger charge is -2.09. The van der Waals surface area contributed by atoms with Crippen molar-refractivity contribution in [2.24, 2.45) is 5.10 Å². The highest BCUT2D eigenvalue weighted by molar-refractivity contribution is 7.71. The Morgan fingerprint density at radius 2 is 1.78 bits per heavy atom. The van der Waals surface area contributed by atoms with Crippen LogP contribution in [-0.4, -0.2) is 40.4 Å². The molecule has 0 aliphatic rings.